The summed E-state index contributed by atoms with van der Waals surface area (Å²) in [5.41, 5.74) is 1.05. The van der Waals surface area contributed by atoms with Gasteiger partial charge in [0.1, 0.15) is 11.4 Å². The molecule has 2 aromatic carbocycles. The lowest BCUT2D eigenvalue weighted by Crippen LogP contribution is -2.17. The van der Waals surface area contributed by atoms with E-state index in [9.17, 15) is 23.1 Å². The number of alkyl halides is 3. The quantitative estimate of drug-likeness (QED) is 0.253. The molecule has 37 heavy (non-hydrogen) atoms. The van der Waals surface area contributed by atoms with Crippen molar-refractivity contribution >= 4 is 28.2 Å². The number of hydrogen-bond donors (Lipinski definition) is 4. The zero-order valence-electron chi connectivity index (χ0n) is 18.8. The van der Waals surface area contributed by atoms with E-state index in [-0.39, 0.29) is 29.5 Å². The van der Waals surface area contributed by atoms with E-state index in [0.29, 0.717) is 22.0 Å². The number of fused-ring (bicyclic) bond motifs is 1. The molecule has 0 aliphatic carbocycles. The van der Waals surface area contributed by atoms with Crippen molar-refractivity contribution in [2.45, 2.75) is 12.2 Å². The molecule has 0 saturated carbocycles. The molecular weight excluding hydrogens is 491 g/mol. The molecule has 5 aromatic rings. The molecule has 10 nitrogen and oxygen atoms in total. The third-order valence-electron chi connectivity index (χ3n) is 5.42. The molecule has 0 radical (unpaired) electrons. The number of aliphatic hydroxyl groups is 1. The van der Waals surface area contributed by atoms with Crippen LogP contribution in [0.1, 0.15) is 17.4 Å². The van der Waals surface area contributed by atoms with Crippen molar-refractivity contribution < 1.29 is 22.8 Å². The van der Waals surface area contributed by atoms with E-state index in [1.54, 1.807) is 48.5 Å². The number of benzene rings is 2. The normalized spacial score (nSPS) is 12.4. The van der Waals surface area contributed by atoms with Crippen LogP contribution in [-0.4, -0.2) is 36.8 Å². The third-order valence-corrected chi connectivity index (χ3v) is 5.42. The highest BCUT2D eigenvalue weighted by Gasteiger charge is 2.37. The largest absolute Gasteiger partial charge is 0.455 e. The Kier molecular flexibility index (Phi) is 6.27. The van der Waals surface area contributed by atoms with Gasteiger partial charge in [-0.1, -0.05) is 35.5 Å². The van der Waals surface area contributed by atoms with E-state index in [4.69, 9.17) is 4.52 Å². The van der Waals surface area contributed by atoms with Gasteiger partial charge in [0, 0.05) is 23.5 Å². The standard InChI is InChI=1S/C24H18F3N7O3/c25-24(26,27)22-33-21(37-34-22)17-11-29-23(30-15-6-7-16-14(10-15)8-9-28-20(16)36)32-19(17)31-18(12-35)13-4-2-1-3-5-13/h1-11,18,35H,12H2,(H,28,36)(H2,29,30,31,32)/t18-/m1/s1. The average Bonchev–Trinajstić information content (AvgIpc) is 3.39. The molecule has 0 bridgehead atoms. The Morgan fingerprint density at radius 2 is 1.89 bits per heavy atom. The summed E-state index contributed by atoms with van der Waals surface area (Å²) in [6.45, 7) is -0.340. The first-order valence-corrected chi connectivity index (χ1v) is 10.9. The van der Waals surface area contributed by atoms with Gasteiger partial charge < -0.3 is 25.2 Å². The molecule has 3 heterocycles. The van der Waals surface area contributed by atoms with Crippen LogP contribution in [0.4, 0.5) is 30.6 Å². The highest BCUT2D eigenvalue weighted by Crippen LogP contribution is 2.33. The summed E-state index contributed by atoms with van der Waals surface area (Å²) in [5.74, 6) is -1.75. The molecular formula is C24H18F3N7O3. The molecule has 0 fully saturated rings. The van der Waals surface area contributed by atoms with Crippen molar-refractivity contribution in [3.63, 3.8) is 0 Å². The second-order valence-corrected chi connectivity index (χ2v) is 7.90. The molecule has 0 spiro atoms. The molecule has 0 saturated heterocycles. The molecule has 3 aromatic heterocycles. The maximum Gasteiger partial charge on any atom is 0.455 e. The van der Waals surface area contributed by atoms with Crippen LogP contribution in [-0.2, 0) is 6.18 Å². The number of nitrogens with zero attached hydrogens (tertiary/aromatic N) is 4. The minimum atomic E-state index is -4.80. The summed E-state index contributed by atoms with van der Waals surface area (Å²) in [4.78, 5) is 26.6. The van der Waals surface area contributed by atoms with Gasteiger partial charge in [-0.15, -0.1) is 0 Å². The molecule has 5 rings (SSSR count). The van der Waals surface area contributed by atoms with Crippen molar-refractivity contribution in [1.82, 2.24) is 25.1 Å². The van der Waals surface area contributed by atoms with E-state index in [0.717, 1.165) is 0 Å². The zero-order chi connectivity index (χ0) is 26.0. The van der Waals surface area contributed by atoms with Gasteiger partial charge in [-0.2, -0.15) is 23.1 Å². The predicted molar refractivity (Wildman–Crippen MR) is 128 cm³/mol. The number of H-pyrrole nitrogens is 1. The Labute approximate surface area is 206 Å². The number of nitrogens with one attached hydrogen (secondary N) is 3. The Bertz CT molecular complexity index is 1600. The van der Waals surface area contributed by atoms with Crippen molar-refractivity contribution in [1.29, 1.82) is 0 Å². The predicted octanol–water partition coefficient (Wildman–Crippen LogP) is 4.28. The number of anilines is 3. The first-order chi connectivity index (χ1) is 17.8. The van der Waals surface area contributed by atoms with Crippen molar-refractivity contribution in [2.75, 3.05) is 17.2 Å². The number of aliphatic hydroxyl groups excluding tert-OH is 1. The minimum Gasteiger partial charge on any atom is -0.394 e. The SMILES string of the molecule is O=c1[nH]ccc2cc(Nc3ncc(-c4nc(C(F)(F)F)no4)c(N[C@H](CO)c4ccccc4)n3)ccc12. The van der Waals surface area contributed by atoms with Gasteiger partial charge in [0.2, 0.25) is 5.95 Å². The third kappa shape index (κ3) is 5.11. The molecule has 0 unspecified atom stereocenters. The van der Waals surface area contributed by atoms with Crippen LogP contribution in [0.3, 0.4) is 0 Å². The fraction of sp³-hybridized carbons (Fsp3) is 0.125. The molecule has 13 heteroatoms. The number of aromatic amines is 1. The highest BCUT2D eigenvalue weighted by atomic mass is 19.4. The van der Waals surface area contributed by atoms with E-state index in [1.807, 2.05) is 6.07 Å². The maximum atomic E-state index is 13.0. The number of pyridine rings is 1. The van der Waals surface area contributed by atoms with Gasteiger partial charge in [-0.25, -0.2) is 4.98 Å². The average molecular weight is 509 g/mol. The van der Waals surface area contributed by atoms with Crippen molar-refractivity contribution in [2.24, 2.45) is 0 Å². The van der Waals surface area contributed by atoms with Crippen LogP contribution >= 0.6 is 0 Å². The van der Waals surface area contributed by atoms with E-state index in [1.165, 1.54) is 12.4 Å². The summed E-state index contributed by atoms with van der Waals surface area (Å²) >= 11 is 0. The second kappa shape index (κ2) is 9.70. The maximum absolute atomic E-state index is 13.0. The van der Waals surface area contributed by atoms with Gasteiger partial charge in [0.25, 0.3) is 17.3 Å². The summed E-state index contributed by atoms with van der Waals surface area (Å²) < 4.78 is 44.0. The molecule has 0 amide bonds. The van der Waals surface area contributed by atoms with E-state index in [2.05, 4.69) is 35.7 Å². The first kappa shape index (κ1) is 23.9. The molecule has 188 valence electrons. The lowest BCUT2D eigenvalue weighted by molar-refractivity contribution is -0.146. The van der Waals surface area contributed by atoms with Crippen molar-refractivity contribution in [3.8, 4) is 11.5 Å². The van der Waals surface area contributed by atoms with E-state index < -0.39 is 23.9 Å². The first-order valence-electron chi connectivity index (χ1n) is 10.9. The Morgan fingerprint density at radius 1 is 1.08 bits per heavy atom. The van der Waals surface area contributed by atoms with Crippen LogP contribution in [0.25, 0.3) is 22.2 Å². The van der Waals surface area contributed by atoms with Crippen LogP contribution in [0.5, 0.6) is 0 Å². The zero-order valence-corrected chi connectivity index (χ0v) is 18.8. The van der Waals surface area contributed by atoms with E-state index >= 15 is 0 Å². The number of halogens is 3. The van der Waals surface area contributed by atoms with Gasteiger partial charge in [0.05, 0.1) is 12.6 Å². The second-order valence-electron chi connectivity index (χ2n) is 7.90. The molecule has 0 aliphatic heterocycles. The monoisotopic (exact) mass is 509 g/mol. The number of rotatable bonds is 7. The smallest absolute Gasteiger partial charge is 0.394 e. The highest BCUT2D eigenvalue weighted by molar-refractivity contribution is 5.85. The minimum absolute atomic E-state index is 0.00739. The lowest BCUT2D eigenvalue weighted by atomic mass is 10.1. The lowest BCUT2D eigenvalue weighted by Gasteiger charge is -2.19. The Morgan fingerprint density at radius 3 is 2.62 bits per heavy atom. The van der Waals surface area contributed by atoms with Crippen LogP contribution in [0.15, 0.2) is 76.3 Å². The van der Waals surface area contributed by atoms with Gasteiger partial charge >= 0.3 is 6.18 Å². The topological polar surface area (TPSA) is 142 Å². The summed E-state index contributed by atoms with van der Waals surface area (Å²) in [6.07, 6.45) is -2.04. The van der Waals surface area contributed by atoms with Crippen molar-refractivity contribution in [3.05, 3.63) is 88.7 Å². The Balaban J connectivity index is 1.53. The molecule has 0 aliphatic rings. The van der Waals surface area contributed by atoms with Crippen LogP contribution < -0.4 is 16.2 Å². The van der Waals surface area contributed by atoms with Crippen LogP contribution in [0.2, 0.25) is 0 Å². The number of aromatic nitrogens is 5. The summed E-state index contributed by atoms with van der Waals surface area (Å²) in [5, 5.41) is 20.2. The van der Waals surface area contributed by atoms with Gasteiger partial charge in [-0.3, -0.25) is 4.79 Å². The molecule has 1 atom stereocenters. The van der Waals surface area contributed by atoms with Gasteiger partial charge in [-0.05, 0) is 35.2 Å². The van der Waals surface area contributed by atoms with Gasteiger partial charge in [0.15, 0.2) is 0 Å². The summed E-state index contributed by atoms with van der Waals surface area (Å²) in [6, 6.07) is 15.0. The molecule has 4 N–H and O–H groups in total. The fourth-order valence-electron chi connectivity index (χ4n) is 3.64. The fourth-order valence-corrected chi connectivity index (χ4v) is 3.64. The number of hydrogen-bond acceptors (Lipinski definition) is 9. The summed E-state index contributed by atoms with van der Waals surface area (Å²) in [7, 11) is 0. The van der Waals surface area contributed by atoms with Crippen LogP contribution in [0, 0.1) is 0 Å². The Hall–Kier alpha value is -4.78.